The molecule has 2 aromatic carbocycles. The molecule has 0 saturated carbocycles. The molecule has 0 aliphatic carbocycles. The SMILES string of the molecule is Cc1c(Br)cc2nc(N=Nc3cc4c(cc3O)N(C)CCC4)sc2c1Br. The lowest BCUT2D eigenvalue weighted by atomic mass is 10.0. The molecule has 1 aliphatic rings. The molecular weight excluding hydrogens is 480 g/mol. The Kier molecular flexibility index (Phi) is 4.75. The minimum absolute atomic E-state index is 0.141. The van der Waals surface area contributed by atoms with Crippen molar-refractivity contribution in [3.63, 3.8) is 0 Å². The first-order chi connectivity index (χ1) is 12.4. The molecule has 0 radical (unpaired) electrons. The summed E-state index contributed by atoms with van der Waals surface area (Å²) in [6, 6.07) is 5.68. The Balaban J connectivity index is 1.70. The Labute approximate surface area is 172 Å². The zero-order chi connectivity index (χ0) is 18.4. The molecule has 0 spiro atoms. The van der Waals surface area contributed by atoms with Gasteiger partial charge in [-0.05, 0) is 59.0 Å². The van der Waals surface area contributed by atoms with Gasteiger partial charge < -0.3 is 10.0 Å². The van der Waals surface area contributed by atoms with Crippen LogP contribution in [0.3, 0.4) is 0 Å². The molecule has 26 heavy (non-hydrogen) atoms. The third kappa shape index (κ3) is 3.14. The average molecular weight is 496 g/mol. The number of rotatable bonds is 2. The molecule has 0 amide bonds. The maximum absolute atomic E-state index is 10.3. The topological polar surface area (TPSA) is 61.1 Å². The van der Waals surface area contributed by atoms with Crippen molar-refractivity contribution in [2.45, 2.75) is 19.8 Å². The molecule has 5 nitrogen and oxygen atoms in total. The number of fused-ring (bicyclic) bond motifs is 2. The summed E-state index contributed by atoms with van der Waals surface area (Å²) in [5.74, 6) is 0.141. The Morgan fingerprint density at radius 3 is 2.85 bits per heavy atom. The highest BCUT2D eigenvalue weighted by Gasteiger charge is 2.17. The number of aryl methyl sites for hydroxylation is 1. The molecule has 3 aromatic rings. The van der Waals surface area contributed by atoms with Crippen LogP contribution in [-0.2, 0) is 6.42 Å². The summed E-state index contributed by atoms with van der Waals surface area (Å²) in [5, 5.41) is 19.4. The molecule has 4 rings (SSSR count). The van der Waals surface area contributed by atoms with Gasteiger partial charge in [0.25, 0.3) is 0 Å². The lowest BCUT2D eigenvalue weighted by Gasteiger charge is -2.27. The minimum atomic E-state index is 0.141. The first-order valence-electron chi connectivity index (χ1n) is 8.18. The number of thiazole rings is 1. The molecule has 0 fully saturated rings. The number of phenols is 1. The number of hydrogen-bond donors (Lipinski definition) is 1. The number of azo groups is 1. The molecule has 134 valence electrons. The van der Waals surface area contributed by atoms with Gasteiger partial charge in [0.1, 0.15) is 11.4 Å². The van der Waals surface area contributed by atoms with Gasteiger partial charge >= 0.3 is 0 Å². The van der Waals surface area contributed by atoms with Gasteiger partial charge in [-0.1, -0.05) is 27.3 Å². The van der Waals surface area contributed by atoms with E-state index in [9.17, 15) is 5.11 Å². The lowest BCUT2D eigenvalue weighted by Crippen LogP contribution is -2.24. The van der Waals surface area contributed by atoms with Gasteiger partial charge in [-0.15, -0.1) is 10.2 Å². The smallest absolute Gasteiger partial charge is 0.231 e. The van der Waals surface area contributed by atoms with E-state index in [1.165, 1.54) is 16.9 Å². The van der Waals surface area contributed by atoms with Crippen LogP contribution in [0, 0.1) is 6.92 Å². The first-order valence-corrected chi connectivity index (χ1v) is 10.6. The van der Waals surface area contributed by atoms with Gasteiger partial charge in [0.05, 0.1) is 10.2 Å². The zero-order valence-corrected chi connectivity index (χ0v) is 18.2. The molecule has 8 heteroatoms. The van der Waals surface area contributed by atoms with Gasteiger partial charge in [-0.3, -0.25) is 0 Å². The van der Waals surface area contributed by atoms with E-state index in [0.717, 1.165) is 49.8 Å². The van der Waals surface area contributed by atoms with Crippen molar-refractivity contribution in [1.82, 2.24) is 4.98 Å². The van der Waals surface area contributed by atoms with Crippen molar-refractivity contribution in [1.29, 1.82) is 0 Å². The van der Waals surface area contributed by atoms with Gasteiger partial charge in [-0.25, -0.2) is 4.98 Å². The largest absolute Gasteiger partial charge is 0.506 e. The predicted octanol–water partition coefficient (Wildman–Crippen LogP) is 6.63. The summed E-state index contributed by atoms with van der Waals surface area (Å²) in [4.78, 5) is 6.69. The number of phenolic OH excluding ortho intramolecular Hbond substituents is 1. The molecule has 2 heterocycles. The third-order valence-corrected chi connectivity index (χ3v) is 7.61. The number of anilines is 1. The minimum Gasteiger partial charge on any atom is -0.506 e. The van der Waals surface area contributed by atoms with Crippen LogP contribution in [0.5, 0.6) is 5.75 Å². The summed E-state index contributed by atoms with van der Waals surface area (Å²) >= 11 is 8.64. The van der Waals surface area contributed by atoms with E-state index in [1.54, 1.807) is 6.07 Å². The van der Waals surface area contributed by atoms with Gasteiger partial charge in [0.15, 0.2) is 0 Å². The van der Waals surface area contributed by atoms with E-state index in [2.05, 4.69) is 52.0 Å². The highest BCUT2D eigenvalue weighted by molar-refractivity contribution is 9.11. The van der Waals surface area contributed by atoms with E-state index >= 15 is 0 Å². The quantitative estimate of drug-likeness (QED) is 0.405. The summed E-state index contributed by atoms with van der Waals surface area (Å²) in [7, 11) is 2.04. The van der Waals surface area contributed by atoms with Crippen molar-refractivity contribution in [3.05, 3.63) is 38.3 Å². The van der Waals surface area contributed by atoms with Crippen molar-refractivity contribution < 1.29 is 5.11 Å². The molecule has 0 atom stereocenters. The van der Waals surface area contributed by atoms with Gasteiger partial charge in [-0.2, -0.15) is 0 Å². The maximum Gasteiger partial charge on any atom is 0.231 e. The van der Waals surface area contributed by atoms with Gasteiger partial charge in [0.2, 0.25) is 5.13 Å². The van der Waals surface area contributed by atoms with E-state index in [1.807, 2.05) is 26.1 Å². The highest BCUT2D eigenvalue weighted by Crippen LogP contribution is 2.41. The van der Waals surface area contributed by atoms with Crippen LogP contribution in [0.15, 0.2) is 37.4 Å². The number of benzene rings is 2. The predicted molar refractivity (Wildman–Crippen MR) is 114 cm³/mol. The third-order valence-electron chi connectivity index (χ3n) is 4.56. The number of hydrogen-bond acceptors (Lipinski definition) is 6. The van der Waals surface area contributed by atoms with Crippen LogP contribution in [0.4, 0.5) is 16.5 Å². The van der Waals surface area contributed by atoms with Crippen LogP contribution in [0.2, 0.25) is 0 Å². The average Bonchev–Trinajstić information content (AvgIpc) is 3.02. The van der Waals surface area contributed by atoms with Crippen molar-refractivity contribution in [3.8, 4) is 5.75 Å². The Hall–Kier alpha value is -1.51. The first kappa shape index (κ1) is 17.9. The van der Waals surface area contributed by atoms with Gasteiger partial charge in [0, 0.05) is 34.3 Å². The molecule has 0 unspecified atom stereocenters. The number of aromatic hydroxyl groups is 1. The second-order valence-corrected chi connectivity index (χ2v) is 8.96. The number of aromatic nitrogens is 1. The standard InChI is InChI=1S/C18H16Br2N4OS/c1-9-11(19)7-13-17(16(9)20)26-18(21-13)23-22-12-6-10-4-3-5-24(2)14(10)8-15(12)25/h6-8,25H,3-5H2,1-2H3. The Bertz CT molecular complexity index is 1050. The summed E-state index contributed by atoms with van der Waals surface area (Å²) in [6.07, 6.45) is 2.09. The molecule has 1 N–H and O–H groups in total. The highest BCUT2D eigenvalue weighted by atomic mass is 79.9. The number of halogens is 2. The second kappa shape index (κ2) is 6.90. The van der Waals surface area contributed by atoms with E-state index in [-0.39, 0.29) is 5.75 Å². The maximum atomic E-state index is 10.3. The fourth-order valence-electron chi connectivity index (χ4n) is 3.09. The van der Waals surface area contributed by atoms with Crippen LogP contribution >= 0.6 is 43.2 Å². The lowest BCUT2D eigenvalue weighted by molar-refractivity contribution is 0.475. The van der Waals surface area contributed by atoms with Crippen LogP contribution in [-0.4, -0.2) is 23.7 Å². The summed E-state index contributed by atoms with van der Waals surface area (Å²) in [5.41, 5.74) is 4.73. The zero-order valence-electron chi connectivity index (χ0n) is 14.3. The van der Waals surface area contributed by atoms with Crippen LogP contribution < -0.4 is 4.90 Å². The van der Waals surface area contributed by atoms with Crippen LogP contribution in [0.1, 0.15) is 17.5 Å². The molecule has 1 aliphatic heterocycles. The monoisotopic (exact) mass is 494 g/mol. The van der Waals surface area contributed by atoms with Crippen molar-refractivity contribution in [2.75, 3.05) is 18.5 Å². The van der Waals surface area contributed by atoms with Crippen molar-refractivity contribution >= 4 is 69.9 Å². The molecule has 0 bridgehead atoms. The number of nitrogens with zero attached hydrogens (tertiary/aromatic N) is 4. The van der Waals surface area contributed by atoms with E-state index < -0.39 is 0 Å². The summed E-state index contributed by atoms with van der Waals surface area (Å²) in [6.45, 7) is 3.04. The Morgan fingerprint density at radius 1 is 1.23 bits per heavy atom. The molecule has 1 aromatic heterocycles. The Morgan fingerprint density at radius 2 is 2.04 bits per heavy atom. The normalized spacial score (nSPS) is 14.4. The van der Waals surface area contributed by atoms with Crippen LogP contribution in [0.25, 0.3) is 10.2 Å². The molecule has 0 saturated heterocycles. The second-order valence-electron chi connectivity index (χ2n) is 6.34. The molecular formula is C18H16Br2N4OS. The van der Waals surface area contributed by atoms with E-state index in [4.69, 9.17) is 0 Å². The fraction of sp³-hybridized carbons (Fsp3) is 0.278. The van der Waals surface area contributed by atoms with Crippen molar-refractivity contribution in [2.24, 2.45) is 10.2 Å². The summed E-state index contributed by atoms with van der Waals surface area (Å²) < 4.78 is 3.05. The fourth-order valence-corrected chi connectivity index (χ4v) is 5.29. The van der Waals surface area contributed by atoms with E-state index in [0.29, 0.717) is 10.8 Å².